The minimum absolute atomic E-state index is 0.316. The first kappa shape index (κ1) is 12.9. The van der Waals surface area contributed by atoms with Gasteiger partial charge in [-0.3, -0.25) is 4.79 Å². The Morgan fingerprint density at radius 3 is 2.89 bits per heavy atom. The number of carbonyl (C=O) groups is 1. The maximum absolute atomic E-state index is 11.5. The molecule has 1 aliphatic heterocycles. The summed E-state index contributed by atoms with van der Waals surface area (Å²) in [7, 11) is 1.70. The number of methoxy groups -OCH3 is 1. The normalized spacial score (nSPS) is 15.2. The summed E-state index contributed by atoms with van der Waals surface area (Å²) in [6.07, 6.45) is 3.79. The van der Waals surface area contributed by atoms with E-state index in [0.29, 0.717) is 5.91 Å². The fourth-order valence-corrected chi connectivity index (χ4v) is 2.43. The summed E-state index contributed by atoms with van der Waals surface area (Å²) in [4.78, 5) is 13.4. The molecule has 1 aromatic rings. The average molecular weight is 247 g/mol. The van der Waals surface area contributed by atoms with E-state index in [1.54, 1.807) is 7.11 Å². The Balaban J connectivity index is 1.84. The molecular formula is C15H21NO2. The molecule has 1 aromatic carbocycles. The molecule has 1 amide bonds. The van der Waals surface area contributed by atoms with Crippen LogP contribution in [0.5, 0.6) is 5.75 Å². The van der Waals surface area contributed by atoms with Gasteiger partial charge in [-0.25, -0.2) is 0 Å². The van der Waals surface area contributed by atoms with Gasteiger partial charge in [0.25, 0.3) is 0 Å². The molecule has 0 radical (unpaired) electrons. The smallest absolute Gasteiger partial charge is 0.222 e. The quantitative estimate of drug-likeness (QED) is 0.800. The molecule has 0 saturated carbocycles. The molecule has 0 atom stereocenters. The number of amides is 1. The predicted molar refractivity (Wildman–Crippen MR) is 71.9 cm³/mol. The van der Waals surface area contributed by atoms with Crippen LogP contribution in [-0.2, 0) is 11.2 Å². The summed E-state index contributed by atoms with van der Waals surface area (Å²) in [6.45, 7) is 3.87. The van der Waals surface area contributed by atoms with Crippen molar-refractivity contribution in [3.05, 3.63) is 29.3 Å². The van der Waals surface area contributed by atoms with Gasteiger partial charge in [-0.2, -0.15) is 0 Å². The van der Waals surface area contributed by atoms with E-state index in [1.807, 2.05) is 11.8 Å². The van der Waals surface area contributed by atoms with E-state index in [-0.39, 0.29) is 0 Å². The van der Waals surface area contributed by atoms with Crippen molar-refractivity contribution in [3.8, 4) is 5.75 Å². The molecule has 2 rings (SSSR count). The molecule has 0 aliphatic carbocycles. The zero-order valence-corrected chi connectivity index (χ0v) is 11.2. The third-order valence-electron chi connectivity index (χ3n) is 3.54. The van der Waals surface area contributed by atoms with Gasteiger partial charge in [0.2, 0.25) is 5.91 Å². The van der Waals surface area contributed by atoms with Gasteiger partial charge in [-0.15, -0.1) is 0 Å². The number of likely N-dealkylation sites (tertiary alicyclic amines) is 1. The lowest BCUT2D eigenvalue weighted by atomic mass is 10.1. The number of carbonyl (C=O) groups excluding carboxylic acids is 1. The fourth-order valence-electron chi connectivity index (χ4n) is 2.43. The molecule has 98 valence electrons. The topological polar surface area (TPSA) is 29.5 Å². The van der Waals surface area contributed by atoms with Gasteiger partial charge in [-0.1, -0.05) is 12.1 Å². The molecule has 0 bridgehead atoms. The zero-order valence-electron chi connectivity index (χ0n) is 11.2. The second-order valence-corrected chi connectivity index (χ2v) is 4.89. The molecule has 0 spiro atoms. The van der Waals surface area contributed by atoms with Crippen LogP contribution in [0.25, 0.3) is 0 Å². The van der Waals surface area contributed by atoms with E-state index >= 15 is 0 Å². The molecular weight excluding hydrogens is 226 g/mol. The van der Waals surface area contributed by atoms with E-state index in [2.05, 4.69) is 18.2 Å². The molecule has 0 unspecified atom stereocenters. The van der Waals surface area contributed by atoms with Crippen molar-refractivity contribution >= 4 is 5.91 Å². The summed E-state index contributed by atoms with van der Waals surface area (Å²) in [5.41, 5.74) is 2.44. The van der Waals surface area contributed by atoms with Crippen molar-refractivity contribution in [2.75, 3.05) is 20.2 Å². The summed E-state index contributed by atoms with van der Waals surface area (Å²) in [6, 6.07) is 6.33. The van der Waals surface area contributed by atoms with Crippen LogP contribution in [0.2, 0.25) is 0 Å². The summed E-state index contributed by atoms with van der Waals surface area (Å²) in [5.74, 6) is 1.27. The lowest BCUT2D eigenvalue weighted by Crippen LogP contribution is -2.25. The molecule has 1 fully saturated rings. The van der Waals surface area contributed by atoms with Crippen LogP contribution in [0.3, 0.4) is 0 Å². The highest BCUT2D eigenvalue weighted by Crippen LogP contribution is 2.20. The van der Waals surface area contributed by atoms with Crippen molar-refractivity contribution in [1.29, 1.82) is 0 Å². The first-order valence-electron chi connectivity index (χ1n) is 6.62. The van der Waals surface area contributed by atoms with Crippen molar-refractivity contribution in [2.24, 2.45) is 0 Å². The lowest BCUT2D eigenvalue weighted by Gasteiger charge is -2.15. The van der Waals surface area contributed by atoms with Crippen LogP contribution in [0.15, 0.2) is 18.2 Å². The van der Waals surface area contributed by atoms with E-state index in [1.165, 1.54) is 5.56 Å². The van der Waals surface area contributed by atoms with Gasteiger partial charge in [0.15, 0.2) is 0 Å². The highest BCUT2D eigenvalue weighted by molar-refractivity contribution is 5.77. The molecule has 3 nitrogen and oxygen atoms in total. The van der Waals surface area contributed by atoms with Gasteiger partial charge < -0.3 is 9.64 Å². The van der Waals surface area contributed by atoms with Gasteiger partial charge in [0.05, 0.1) is 7.11 Å². The number of nitrogens with zero attached hydrogens (tertiary/aromatic N) is 1. The van der Waals surface area contributed by atoms with Crippen LogP contribution >= 0.6 is 0 Å². The second-order valence-electron chi connectivity index (χ2n) is 4.89. The monoisotopic (exact) mass is 247 g/mol. The van der Waals surface area contributed by atoms with Crippen molar-refractivity contribution < 1.29 is 9.53 Å². The van der Waals surface area contributed by atoms with Crippen LogP contribution in [0, 0.1) is 6.92 Å². The highest BCUT2D eigenvalue weighted by atomic mass is 16.5. The van der Waals surface area contributed by atoms with Gasteiger partial charge in [0.1, 0.15) is 5.75 Å². The van der Waals surface area contributed by atoms with Crippen LogP contribution in [0.4, 0.5) is 0 Å². The summed E-state index contributed by atoms with van der Waals surface area (Å²) >= 11 is 0. The number of benzene rings is 1. The molecule has 0 aromatic heterocycles. The molecule has 3 heteroatoms. The number of aryl methyl sites for hydroxylation is 2. The van der Waals surface area contributed by atoms with Gasteiger partial charge >= 0.3 is 0 Å². The van der Waals surface area contributed by atoms with E-state index < -0.39 is 0 Å². The maximum Gasteiger partial charge on any atom is 0.222 e. The summed E-state index contributed by atoms with van der Waals surface area (Å²) in [5, 5.41) is 0. The maximum atomic E-state index is 11.5. The van der Waals surface area contributed by atoms with Gasteiger partial charge in [0, 0.05) is 19.5 Å². The van der Waals surface area contributed by atoms with Crippen molar-refractivity contribution in [2.45, 2.75) is 32.6 Å². The molecule has 18 heavy (non-hydrogen) atoms. The third kappa shape index (κ3) is 3.03. The first-order chi connectivity index (χ1) is 8.70. The molecule has 0 N–H and O–H groups in total. The highest BCUT2D eigenvalue weighted by Gasteiger charge is 2.18. The molecule has 1 saturated heterocycles. The fraction of sp³-hybridized carbons (Fsp3) is 0.533. The number of ether oxygens (including phenoxy) is 1. The third-order valence-corrected chi connectivity index (χ3v) is 3.54. The second kappa shape index (κ2) is 5.89. The largest absolute Gasteiger partial charge is 0.496 e. The number of hydrogen-bond acceptors (Lipinski definition) is 2. The SMILES string of the molecule is COc1cc(CCCN2CCCC2=O)ccc1C. The lowest BCUT2D eigenvalue weighted by molar-refractivity contribution is -0.127. The summed E-state index contributed by atoms with van der Waals surface area (Å²) < 4.78 is 5.32. The Bertz CT molecular complexity index is 429. The minimum Gasteiger partial charge on any atom is -0.496 e. The Morgan fingerprint density at radius 1 is 1.39 bits per heavy atom. The zero-order chi connectivity index (χ0) is 13.0. The minimum atomic E-state index is 0.316. The van der Waals surface area contributed by atoms with Crippen molar-refractivity contribution in [1.82, 2.24) is 4.90 Å². The van der Waals surface area contributed by atoms with Crippen LogP contribution in [0.1, 0.15) is 30.4 Å². The van der Waals surface area contributed by atoms with Crippen molar-refractivity contribution in [3.63, 3.8) is 0 Å². The van der Waals surface area contributed by atoms with Gasteiger partial charge in [-0.05, 0) is 43.4 Å². The Kier molecular flexibility index (Phi) is 4.24. The van der Waals surface area contributed by atoms with Crippen LogP contribution < -0.4 is 4.74 Å². The van der Waals surface area contributed by atoms with E-state index in [9.17, 15) is 4.79 Å². The number of rotatable bonds is 5. The van der Waals surface area contributed by atoms with E-state index in [0.717, 1.165) is 50.1 Å². The Hall–Kier alpha value is -1.51. The van der Waals surface area contributed by atoms with E-state index in [4.69, 9.17) is 4.74 Å². The van der Waals surface area contributed by atoms with Crippen LogP contribution in [-0.4, -0.2) is 31.0 Å². The molecule has 1 heterocycles. The Morgan fingerprint density at radius 2 is 2.22 bits per heavy atom. The average Bonchev–Trinajstić information content (AvgIpc) is 2.77. The first-order valence-corrected chi connectivity index (χ1v) is 6.62. The number of hydrogen-bond donors (Lipinski definition) is 0. The predicted octanol–water partition coefficient (Wildman–Crippen LogP) is 2.56. The molecule has 1 aliphatic rings. The standard InChI is InChI=1S/C15H21NO2/c1-12-7-8-13(11-14(12)18-2)5-3-9-16-10-4-6-15(16)17/h7-8,11H,3-6,9-10H2,1-2H3. The Labute approximate surface area is 109 Å².